The van der Waals surface area contributed by atoms with Crippen molar-refractivity contribution in [3.8, 4) is 18.1 Å². The number of hydrogen-bond acceptors (Lipinski definition) is 3. The van der Waals surface area contributed by atoms with E-state index in [2.05, 4.69) is 48.5 Å². The maximum absolute atomic E-state index is 6.12. The first-order chi connectivity index (χ1) is 12.3. The number of ether oxygens (including phenoxy) is 2. The molecular weight excluding hydrogens is 310 g/mol. The topological polar surface area (TPSA) is 30.5 Å². The van der Waals surface area contributed by atoms with Gasteiger partial charge in [-0.15, -0.1) is 6.42 Å². The molecule has 2 aromatic carbocycles. The molecule has 0 bridgehead atoms. The lowest BCUT2D eigenvalue weighted by Crippen LogP contribution is -2.29. The van der Waals surface area contributed by atoms with E-state index in [1.54, 1.807) is 0 Å². The molecular formula is C22H23NO2. The molecule has 25 heavy (non-hydrogen) atoms. The highest BCUT2D eigenvalue weighted by atomic mass is 16.5. The predicted molar refractivity (Wildman–Crippen MR) is 99.8 cm³/mol. The van der Waals surface area contributed by atoms with Gasteiger partial charge in [-0.25, -0.2) is 0 Å². The highest BCUT2D eigenvalue weighted by molar-refractivity contribution is 5.58. The van der Waals surface area contributed by atoms with Crippen LogP contribution in [0, 0.1) is 18.3 Å². The molecule has 4 rings (SSSR count). The Labute approximate surface area is 149 Å². The van der Waals surface area contributed by atoms with Crippen molar-refractivity contribution < 1.29 is 9.47 Å². The first kappa shape index (κ1) is 16.1. The number of nitrogens with one attached hydrogen (secondary N) is 1. The molecule has 3 atom stereocenters. The van der Waals surface area contributed by atoms with Gasteiger partial charge in [0, 0.05) is 23.8 Å². The van der Waals surface area contributed by atoms with Gasteiger partial charge in [0.25, 0.3) is 0 Å². The summed E-state index contributed by atoms with van der Waals surface area (Å²) in [6.07, 6.45) is 7.56. The van der Waals surface area contributed by atoms with Crippen LogP contribution < -0.4 is 10.1 Å². The number of rotatable bonds is 4. The van der Waals surface area contributed by atoms with E-state index < -0.39 is 0 Å². The van der Waals surface area contributed by atoms with Gasteiger partial charge in [0.1, 0.15) is 12.4 Å². The Balaban J connectivity index is 1.63. The molecule has 1 fully saturated rings. The van der Waals surface area contributed by atoms with Crippen LogP contribution in [0.4, 0.5) is 5.69 Å². The van der Waals surface area contributed by atoms with Crippen molar-refractivity contribution in [2.75, 3.05) is 18.5 Å². The molecule has 3 nitrogen and oxygen atoms in total. The minimum absolute atomic E-state index is 0.185. The van der Waals surface area contributed by atoms with E-state index >= 15 is 0 Å². The lowest BCUT2D eigenvalue weighted by atomic mass is 9.80. The van der Waals surface area contributed by atoms with Crippen LogP contribution in [0.25, 0.3) is 0 Å². The van der Waals surface area contributed by atoms with Crippen molar-refractivity contribution in [2.45, 2.75) is 31.9 Å². The number of hydrogen-bond donors (Lipinski definition) is 1. The van der Waals surface area contributed by atoms with Crippen molar-refractivity contribution in [3.05, 3.63) is 59.2 Å². The fourth-order valence-corrected chi connectivity index (χ4v) is 3.97. The van der Waals surface area contributed by atoms with Gasteiger partial charge in [-0.2, -0.15) is 0 Å². The fraction of sp³-hybridized carbons (Fsp3) is 0.364. The molecule has 0 unspecified atom stereocenters. The molecule has 2 aliphatic heterocycles. The van der Waals surface area contributed by atoms with Gasteiger partial charge in [-0.1, -0.05) is 37.1 Å². The number of anilines is 1. The van der Waals surface area contributed by atoms with Crippen molar-refractivity contribution in [3.63, 3.8) is 0 Å². The second-order valence-corrected chi connectivity index (χ2v) is 6.70. The summed E-state index contributed by atoms with van der Waals surface area (Å²) < 4.78 is 11.6. The standard InChI is InChI=1S/C22H23NO2/c1-3-12-24-17-8-6-16(7-9-17)21-18-11-13-25-22(18)19-14-15(4-2)5-10-20(19)23-21/h1,5-10,14,18,21-23H,4,11-13H2,2H3/t18-,21-,22-/m0/s1. The third-order valence-corrected chi connectivity index (χ3v) is 5.27. The Kier molecular flexibility index (Phi) is 4.38. The molecule has 0 amide bonds. The van der Waals surface area contributed by atoms with Gasteiger partial charge in [0.2, 0.25) is 0 Å². The lowest BCUT2D eigenvalue weighted by molar-refractivity contribution is 0.0828. The molecule has 2 aliphatic rings. The monoisotopic (exact) mass is 333 g/mol. The zero-order valence-corrected chi connectivity index (χ0v) is 14.5. The number of terminal acetylenes is 1. The third kappa shape index (κ3) is 2.99. The summed E-state index contributed by atoms with van der Waals surface area (Å²) in [5.74, 6) is 3.76. The Morgan fingerprint density at radius 2 is 2.08 bits per heavy atom. The van der Waals surface area contributed by atoms with Crippen molar-refractivity contribution in [2.24, 2.45) is 5.92 Å². The Hall–Kier alpha value is -2.44. The molecule has 0 aliphatic carbocycles. The van der Waals surface area contributed by atoms with Crippen LogP contribution in [0.2, 0.25) is 0 Å². The number of benzene rings is 2. The van der Waals surface area contributed by atoms with E-state index in [1.807, 2.05) is 12.1 Å². The largest absolute Gasteiger partial charge is 0.481 e. The maximum atomic E-state index is 6.12. The van der Waals surface area contributed by atoms with Gasteiger partial charge in [0.05, 0.1) is 12.1 Å². The third-order valence-electron chi connectivity index (χ3n) is 5.27. The van der Waals surface area contributed by atoms with E-state index in [1.165, 1.54) is 22.4 Å². The Bertz CT molecular complexity index is 791. The van der Waals surface area contributed by atoms with E-state index in [4.69, 9.17) is 15.9 Å². The molecule has 0 saturated carbocycles. The van der Waals surface area contributed by atoms with E-state index in [9.17, 15) is 0 Å². The minimum atomic E-state index is 0.185. The van der Waals surface area contributed by atoms with Crippen LogP contribution in [0.5, 0.6) is 5.75 Å². The highest BCUT2D eigenvalue weighted by Crippen LogP contribution is 2.50. The molecule has 1 saturated heterocycles. The zero-order chi connectivity index (χ0) is 17.2. The van der Waals surface area contributed by atoms with Crippen molar-refractivity contribution >= 4 is 5.69 Å². The molecule has 3 heteroatoms. The molecule has 128 valence electrons. The first-order valence-electron chi connectivity index (χ1n) is 8.97. The minimum Gasteiger partial charge on any atom is -0.481 e. The highest BCUT2D eigenvalue weighted by Gasteiger charge is 2.41. The predicted octanol–water partition coefficient (Wildman–Crippen LogP) is 4.51. The fourth-order valence-electron chi connectivity index (χ4n) is 3.97. The molecule has 2 heterocycles. The summed E-state index contributed by atoms with van der Waals surface area (Å²) in [5.41, 5.74) is 5.13. The van der Waals surface area contributed by atoms with Crippen LogP contribution in [0.3, 0.4) is 0 Å². The Morgan fingerprint density at radius 3 is 2.84 bits per heavy atom. The zero-order valence-electron chi connectivity index (χ0n) is 14.5. The van der Waals surface area contributed by atoms with Crippen LogP contribution in [-0.4, -0.2) is 13.2 Å². The number of aryl methyl sites for hydroxylation is 1. The summed E-state index contributed by atoms with van der Waals surface area (Å²) in [6.45, 7) is 3.32. The Morgan fingerprint density at radius 1 is 1.24 bits per heavy atom. The summed E-state index contributed by atoms with van der Waals surface area (Å²) in [5, 5.41) is 3.75. The number of fused-ring (bicyclic) bond motifs is 3. The van der Waals surface area contributed by atoms with Crippen molar-refractivity contribution in [1.29, 1.82) is 0 Å². The molecule has 0 spiro atoms. The van der Waals surface area contributed by atoms with E-state index in [-0.39, 0.29) is 12.1 Å². The van der Waals surface area contributed by atoms with Crippen LogP contribution in [0.15, 0.2) is 42.5 Å². The van der Waals surface area contributed by atoms with E-state index in [0.717, 1.165) is 25.2 Å². The van der Waals surface area contributed by atoms with E-state index in [0.29, 0.717) is 12.5 Å². The summed E-state index contributed by atoms with van der Waals surface area (Å²) in [7, 11) is 0. The smallest absolute Gasteiger partial charge is 0.148 e. The average molecular weight is 333 g/mol. The molecule has 2 aromatic rings. The first-order valence-corrected chi connectivity index (χ1v) is 8.97. The van der Waals surface area contributed by atoms with Gasteiger partial charge >= 0.3 is 0 Å². The second kappa shape index (κ2) is 6.82. The maximum Gasteiger partial charge on any atom is 0.148 e. The van der Waals surface area contributed by atoms with Gasteiger partial charge in [-0.3, -0.25) is 0 Å². The molecule has 0 aromatic heterocycles. The molecule has 0 radical (unpaired) electrons. The van der Waals surface area contributed by atoms with Crippen molar-refractivity contribution in [1.82, 2.24) is 0 Å². The quantitative estimate of drug-likeness (QED) is 0.835. The normalized spacial score (nSPS) is 23.9. The summed E-state index contributed by atoms with van der Waals surface area (Å²) in [4.78, 5) is 0. The van der Waals surface area contributed by atoms with Crippen LogP contribution >= 0.6 is 0 Å². The van der Waals surface area contributed by atoms with Gasteiger partial charge in [0.15, 0.2) is 0 Å². The van der Waals surface area contributed by atoms with Gasteiger partial charge < -0.3 is 14.8 Å². The van der Waals surface area contributed by atoms with Gasteiger partial charge in [-0.05, 0) is 42.2 Å². The lowest BCUT2D eigenvalue weighted by Gasteiger charge is -2.36. The van der Waals surface area contributed by atoms with Crippen LogP contribution in [-0.2, 0) is 11.2 Å². The second-order valence-electron chi connectivity index (χ2n) is 6.70. The molecule has 1 N–H and O–H groups in total. The van der Waals surface area contributed by atoms with Crippen LogP contribution in [0.1, 0.15) is 42.2 Å². The average Bonchev–Trinajstić information content (AvgIpc) is 3.16. The summed E-state index contributed by atoms with van der Waals surface area (Å²) >= 11 is 0. The summed E-state index contributed by atoms with van der Waals surface area (Å²) in [6, 6.07) is 15.2. The SMILES string of the molecule is C#CCOc1ccc([C@@H]2Nc3ccc(CC)cc3[C@H]3OCC[C@H]32)cc1.